The maximum Gasteiger partial charge on any atom is 2.00 e. The maximum absolute atomic E-state index is 10.3. The molecule has 0 aromatic rings. The largest absolute Gasteiger partial charge is 2.00 e. The van der Waals surface area contributed by atoms with Crippen molar-refractivity contribution in [3.05, 3.63) is 14.1 Å². The molecule has 0 saturated carbocycles. The fraction of sp³-hybridized carbons (Fsp3) is 0.333. The van der Waals surface area contributed by atoms with Crippen LogP contribution in [0.1, 0.15) is 0 Å². The first-order valence-corrected chi connectivity index (χ1v) is 0.988. The quantitative estimate of drug-likeness (QED) is 0.409. The Morgan fingerprint density at radius 2 is 1.43 bits per heavy atom. The van der Waals surface area contributed by atoms with Crippen LogP contribution in [0.5, 0.6) is 0 Å². The van der Waals surface area contributed by atoms with E-state index in [9.17, 15) is 13.2 Å². The minimum Gasteiger partial charge on any atom is -0.454 e. The molecule has 0 unspecified atom stereocenters. The third-order valence-corrected chi connectivity index (χ3v) is 0.0952. The fourth-order valence-electron chi connectivity index (χ4n) is 0. The molecular weight excluding hydrogens is 158 g/mol. The van der Waals surface area contributed by atoms with E-state index in [4.69, 9.17) is 0 Å². The molecule has 0 aliphatic carbocycles. The number of hydrogen-bond donors (Lipinski definition) is 0. The van der Waals surface area contributed by atoms with Gasteiger partial charge in [0.2, 0.25) is 0 Å². The standard InChI is InChI=1S/C2H2F3.CH3.Zn/c3-1-2(4)5;;/h1-2H;1H3;/q2*-1;+2. The Morgan fingerprint density at radius 3 is 1.43 bits per heavy atom. The summed E-state index contributed by atoms with van der Waals surface area (Å²) in [5.74, 6) is 0. The number of rotatable bonds is 1. The van der Waals surface area contributed by atoms with Crippen molar-refractivity contribution >= 4 is 0 Å². The molecule has 0 aliphatic heterocycles. The molecule has 0 bridgehead atoms. The number of halogens is 3. The second-order valence-corrected chi connectivity index (χ2v) is 0.460. The predicted molar refractivity (Wildman–Crippen MR) is 17.8 cm³/mol. The molecule has 0 radical (unpaired) electrons. The SMILES string of the molecule is F[CH-]C(F)F.[CH3-].[Zn+2]. The van der Waals surface area contributed by atoms with E-state index in [0.29, 0.717) is 0 Å². The van der Waals surface area contributed by atoms with Crippen molar-refractivity contribution in [3.8, 4) is 0 Å². The van der Waals surface area contributed by atoms with Crippen LogP contribution < -0.4 is 0 Å². The number of hydrogen-bond acceptors (Lipinski definition) is 0. The first-order chi connectivity index (χ1) is 2.27. The van der Waals surface area contributed by atoms with Crippen LogP contribution >= 0.6 is 0 Å². The van der Waals surface area contributed by atoms with E-state index in [-0.39, 0.29) is 26.9 Å². The summed E-state index contributed by atoms with van der Waals surface area (Å²) in [6, 6.07) is 0. The van der Waals surface area contributed by atoms with Crippen LogP contribution in [0.4, 0.5) is 13.2 Å². The molecule has 0 aliphatic rings. The Hall–Kier alpha value is 0.413. The smallest absolute Gasteiger partial charge is 0.454 e. The van der Waals surface area contributed by atoms with Crippen LogP contribution in [0.2, 0.25) is 0 Å². The molecule has 0 nitrogen and oxygen atoms in total. The van der Waals surface area contributed by atoms with E-state index in [1.807, 2.05) is 0 Å². The van der Waals surface area contributed by atoms with E-state index < -0.39 is 13.1 Å². The first-order valence-electron chi connectivity index (χ1n) is 0.988. The van der Waals surface area contributed by atoms with Gasteiger partial charge >= 0.3 is 19.5 Å². The van der Waals surface area contributed by atoms with Crippen molar-refractivity contribution in [2.45, 2.75) is 6.43 Å². The molecule has 0 aromatic carbocycles. The van der Waals surface area contributed by atoms with E-state index in [1.54, 1.807) is 0 Å². The van der Waals surface area contributed by atoms with Crippen molar-refractivity contribution in [1.82, 2.24) is 0 Å². The van der Waals surface area contributed by atoms with Crippen molar-refractivity contribution in [2.75, 3.05) is 0 Å². The van der Waals surface area contributed by atoms with Crippen LogP contribution in [0.25, 0.3) is 0 Å². The summed E-state index contributed by atoms with van der Waals surface area (Å²) in [6.45, 7) is -0.667. The van der Waals surface area contributed by atoms with Gasteiger partial charge in [-0.15, -0.1) is 6.67 Å². The van der Waals surface area contributed by atoms with Gasteiger partial charge in [-0.3, -0.25) is 0 Å². The summed E-state index contributed by atoms with van der Waals surface area (Å²) in [5, 5.41) is 0. The zero-order chi connectivity index (χ0) is 4.28. The van der Waals surface area contributed by atoms with Gasteiger partial charge in [0.25, 0.3) is 0 Å². The van der Waals surface area contributed by atoms with Gasteiger partial charge in [-0.05, 0) is 0 Å². The van der Waals surface area contributed by atoms with E-state index in [1.165, 1.54) is 0 Å². The zero-order valence-corrected chi connectivity index (χ0v) is 6.96. The van der Waals surface area contributed by atoms with E-state index in [2.05, 4.69) is 0 Å². The second kappa shape index (κ2) is 9.65. The Labute approximate surface area is 53.9 Å². The molecule has 7 heavy (non-hydrogen) atoms. The molecule has 40 valence electrons. The third-order valence-electron chi connectivity index (χ3n) is 0.0952. The van der Waals surface area contributed by atoms with E-state index >= 15 is 0 Å². The minimum atomic E-state index is -2.91. The summed E-state index contributed by atoms with van der Waals surface area (Å²) in [6.07, 6.45) is -2.91. The van der Waals surface area contributed by atoms with Crippen LogP contribution in [0.15, 0.2) is 0 Å². The minimum absolute atomic E-state index is 0. The third kappa shape index (κ3) is 21.4. The molecule has 0 aromatic heterocycles. The van der Waals surface area contributed by atoms with Gasteiger partial charge < -0.3 is 11.8 Å². The van der Waals surface area contributed by atoms with E-state index in [0.717, 1.165) is 0 Å². The van der Waals surface area contributed by atoms with Gasteiger partial charge in [-0.1, -0.05) is 0 Å². The van der Waals surface area contributed by atoms with Gasteiger partial charge in [-0.2, -0.15) is 0 Å². The summed E-state index contributed by atoms with van der Waals surface area (Å²) < 4.78 is 30.9. The normalized spacial score (nSPS) is 6.86. The van der Waals surface area contributed by atoms with Gasteiger partial charge in [0.15, 0.2) is 0 Å². The summed E-state index contributed by atoms with van der Waals surface area (Å²) in [7, 11) is 0. The molecule has 0 fully saturated rings. The molecule has 0 heterocycles. The van der Waals surface area contributed by atoms with Crippen LogP contribution in [-0.2, 0) is 19.5 Å². The molecule has 0 atom stereocenters. The zero-order valence-electron chi connectivity index (χ0n) is 4.00. The topological polar surface area (TPSA) is 0 Å². The van der Waals surface area contributed by atoms with Crippen molar-refractivity contribution in [2.24, 2.45) is 0 Å². The van der Waals surface area contributed by atoms with Crippen molar-refractivity contribution in [3.63, 3.8) is 0 Å². The summed E-state index contributed by atoms with van der Waals surface area (Å²) >= 11 is 0. The summed E-state index contributed by atoms with van der Waals surface area (Å²) in [5.41, 5.74) is 0. The fourth-order valence-corrected chi connectivity index (χ4v) is 0. The molecule has 0 rings (SSSR count). The van der Waals surface area contributed by atoms with Crippen LogP contribution in [-0.4, -0.2) is 6.43 Å². The molecule has 4 heteroatoms. The summed E-state index contributed by atoms with van der Waals surface area (Å²) in [4.78, 5) is 0. The average molecular weight is 163 g/mol. The number of alkyl halides is 2. The molecule has 0 saturated heterocycles. The second-order valence-electron chi connectivity index (χ2n) is 0.460. The van der Waals surface area contributed by atoms with Gasteiger partial charge in [0, 0.05) is 0 Å². The Balaban J connectivity index is -0.0000000800. The molecule has 0 spiro atoms. The Kier molecular flexibility index (Phi) is 21.6. The van der Waals surface area contributed by atoms with Crippen LogP contribution in [0.3, 0.4) is 0 Å². The molecule has 0 amide bonds. The van der Waals surface area contributed by atoms with Crippen LogP contribution in [0, 0.1) is 14.1 Å². The monoisotopic (exact) mass is 162 g/mol. The van der Waals surface area contributed by atoms with Gasteiger partial charge in [0.05, 0.1) is 0 Å². The predicted octanol–water partition coefficient (Wildman–Crippen LogP) is 1.83. The van der Waals surface area contributed by atoms with Crippen molar-refractivity contribution < 1.29 is 32.6 Å². The Bertz CT molecular complexity index is 24.1. The molecular formula is C3H5F3Zn. The van der Waals surface area contributed by atoms with Crippen molar-refractivity contribution in [1.29, 1.82) is 0 Å². The average Bonchev–Trinajstić information content (AvgIpc) is 1.38. The van der Waals surface area contributed by atoms with Gasteiger partial charge in [0.1, 0.15) is 6.43 Å². The molecule has 0 N–H and O–H groups in total. The Morgan fingerprint density at radius 1 is 1.29 bits per heavy atom. The maximum atomic E-state index is 10.3. The first kappa shape index (κ1) is 15.7. The van der Waals surface area contributed by atoms with Gasteiger partial charge in [-0.25, -0.2) is 8.78 Å².